The Labute approximate surface area is 163 Å². The molecule has 6 heteroatoms. The number of aliphatic hydroxyl groups excluding tert-OH is 1. The third-order valence-electron chi connectivity index (χ3n) is 4.70. The van der Waals surface area contributed by atoms with Gasteiger partial charge in [-0.2, -0.15) is 0 Å². The first kappa shape index (κ1) is 19.5. The topological polar surface area (TPSA) is 98.1 Å². The van der Waals surface area contributed by atoms with Gasteiger partial charge < -0.3 is 20.2 Å². The van der Waals surface area contributed by atoms with Gasteiger partial charge in [0.15, 0.2) is 11.5 Å². The number of amides is 1. The van der Waals surface area contributed by atoms with Crippen molar-refractivity contribution in [1.82, 2.24) is 4.90 Å². The molecule has 1 atom stereocenters. The van der Waals surface area contributed by atoms with Crippen molar-refractivity contribution in [2.75, 3.05) is 0 Å². The second kappa shape index (κ2) is 7.76. The number of nitrogens with zero attached hydrogens (tertiary/aromatic N) is 1. The van der Waals surface area contributed by atoms with Gasteiger partial charge in [0.05, 0.1) is 11.6 Å². The lowest BCUT2D eigenvalue weighted by molar-refractivity contribution is -0.130. The molecule has 3 N–H and O–H groups in total. The highest BCUT2D eigenvalue weighted by molar-refractivity contribution is 6.09. The van der Waals surface area contributed by atoms with Crippen molar-refractivity contribution in [3.05, 3.63) is 71.0 Å². The maximum absolute atomic E-state index is 12.8. The lowest BCUT2D eigenvalue weighted by Crippen LogP contribution is -2.30. The van der Waals surface area contributed by atoms with Crippen LogP contribution in [0.5, 0.6) is 11.5 Å². The number of hydrogen-bond donors (Lipinski definition) is 3. The van der Waals surface area contributed by atoms with E-state index in [9.17, 15) is 24.9 Å². The van der Waals surface area contributed by atoms with Crippen LogP contribution >= 0.6 is 0 Å². The van der Waals surface area contributed by atoms with Gasteiger partial charge in [0.2, 0.25) is 0 Å². The summed E-state index contributed by atoms with van der Waals surface area (Å²) in [6.07, 6.45) is 0.168. The largest absolute Gasteiger partial charge is 0.508 e. The summed E-state index contributed by atoms with van der Waals surface area (Å²) < 4.78 is 0. The first-order valence-electron chi connectivity index (χ1n) is 9.12. The molecule has 2 aromatic rings. The Hall–Kier alpha value is -3.28. The minimum absolute atomic E-state index is 0.0179. The molecule has 3 rings (SSSR count). The van der Waals surface area contributed by atoms with Crippen molar-refractivity contribution >= 4 is 11.7 Å². The van der Waals surface area contributed by atoms with Crippen molar-refractivity contribution in [1.29, 1.82) is 0 Å². The number of hydrogen-bond acceptors (Lipinski definition) is 5. The van der Waals surface area contributed by atoms with Crippen molar-refractivity contribution in [3.8, 4) is 11.5 Å². The van der Waals surface area contributed by atoms with Gasteiger partial charge in [-0.1, -0.05) is 44.2 Å². The van der Waals surface area contributed by atoms with Gasteiger partial charge in [-0.3, -0.25) is 9.59 Å². The summed E-state index contributed by atoms with van der Waals surface area (Å²) in [6, 6.07) is 12.3. The van der Waals surface area contributed by atoms with Crippen LogP contribution in [0.3, 0.4) is 0 Å². The van der Waals surface area contributed by atoms with Gasteiger partial charge >= 0.3 is 0 Å². The molecule has 0 radical (unpaired) electrons. The molecule has 6 nitrogen and oxygen atoms in total. The molecule has 0 saturated carbocycles. The summed E-state index contributed by atoms with van der Waals surface area (Å²) in [5, 5.41) is 30.5. The molecule has 1 unspecified atom stereocenters. The van der Waals surface area contributed by atoms with Crippen LogP contribution in [-0.2, 0) is 16.1 Å². The highest BCUT2D eigenvalue weighted by atomic mass is 16.3. The number of aliphatic hydroxyl groups is 1. The van der Waals surface area contributed by atoms with Crippen molar-refractivity contribution < 1.29 is 24.9 Å². The minimum Gasteiger partial charge on any atom is -0.508 e. The zero-order valence-corrected chi connectivity index (χ0v) is 15.8. The zero-order chi connectivity index (χ0) is 20.4. The van der Waals surface area contributed by atoms with Gasteiger partial charge in [0.1, 0.15) is 11.5 Å². The van der Waals surface area contributed by atoms with Crippen molar-refractivity contribution in [2.45, 2.75) is 32.9 Å². The molecular formula is C22H23NO5. The van der Waals surface area contributed by atoms with E-state index in [0.29, 0.717) is 0 Å². The highest BCUT2D eigenvalue weighted by Gasteiger charge is 2.44. The molecule has 1 heterocycles. The molecule has 0 spiro atoms. The van der Waals surface area contributed by atoms with E-state index >= 15 is 0 Å². The van der Waals surface area contributed by atoms with E-state index in [-0.39, 0.29) is 47.3 Å². The average Bonchev–Trinajstić information content (AvgIpc) is 2.87. The predicted molar refractivity (Wildman–Crippen MR) is 104 cm³/mol. The molecule has 0 bridgehead atoms. The summed E-state index contributed by atoms with van der Waals surface area (Å²) in [5.41, 5.74) is 1.08. The second-order valence-electron chi connectivity index (χ2n) is 7.35. The molecule has 0 aromatic heterocycles. The quantitative estimate of drug-likeness (QED) is 0.710. The lowest BCUT2D eigenvalue weighted by atomic mass is 9.91. The molecule has 2 aromatic carbocycles. The Morgan fingerprint density at radius 3 is 2.36 bits per heavy atom. The van der Waals surface area contributed by atoms with Crippen molar-refractivity contribution in [2.24, 2.45) is 5.92 Å². The maximum Gasteiger partial charge on any atom is 0.290 e. The molecule has 0 aliphatic carbocycles. The Kier molecular flexibility index (Phi) is 5.40. The fourth-order valence-corrected chi connectivity index (χ4v) is 3.45. The zero-order valence-electron chi connectivity index (χ0n) is 15.8. The molecular weight excluding hydrogens is 358 g/mol. The van der Waals surface area contributed by atoms with E-state index in [4.69, 9.17) is 0 Å². The molecule has 28 heavy (non-hydrogen) atoms. The van der Waals surface area contributed by atoms with E-state index in [1.165, 1.54) is 17.0 Å². The van der Waals surface area contributed by atoms with Crippen LogP contribution in [0, 0.1) is 5.92 Å². The van der Waals surface area contributed by atoms with Crippen LogP contribution < -0.4 is 0 Å². The number of rotatable bonds is 6. The van der Waals surface area contributed by atoms with Crippen molar-refractivity contribution in [3.63, 3.8) is 0 Å². The minimum atomic E-state index is -0.931. The molecule has 1 aliphatic rings. The maximum atomic E-state index is 12.8. The summed E-state index contributed by atoms with van der Waals surface area (Å²) in [4.78, 5) is 27.0. The Morgan fingerprint density at radius 1 is 1.07 bits per heavy atom. The highest BCUT2D eigenvalue weighted by Crippen LogP contribution is 2.43. The number of phenolic OH excluding ortho intramolecular Hbond substituents is 2. The number of benzene rings is 2. The van der Waals surface area contributed by atoms with Crippen LogP contribution in [0.4, 0.5) is 0 Å². The summed E-state index contributed by atoms with van der Waals surface area (Å²) in [6.45, 7) is 3.91. The van der Waals surface area contributed by atoms with Crippen LogP contribution in [0.25, 0.3) is 0 Å². The van der Waals surface area contributed by atoms with Crippen LogP contribution in [0.1, 0.15) is 37.4 Å². The van der Waals surface area contributed by atoms with Gasteiger partial charge in [-0.05, 0) is 23.6 Å². The predicted octanol–water partition coefficient (Wildman–Crippen LogP) is 3.61. The first-order valence-corrected chi connectivity index (χ1v) is 9.12. The summed E-state index contributed by atoms with van der Waals surface area (Å²) in [7, 11) is 0. The molecule has 1 amide bonds. The number of Topliss-reactive ketones (excluding diaryl/α,β-unsaturated/α-hetero) is 1. The van der Waals surface area contributed by atoms with E-state index in [2.05, 4.69) is 0 Å². The van der Waals surface area contributed by atoms with Crippen LogP contribution in [0.2, 0.25) is 0 Å². The normalized spacial score (nSPS) is 16.9. The van der Waals surface area contributed by atoms with Gasteiger partial charge in [-0.25, -0.2) is 0 Å². The molecule has 146 valence electrons. The van der Waals surface area contributed by atoms with Gasteiger partial charge in [0.25, 0.3) is 5.91 Å². The van der Waals surface area contributed by atoms with E-state index < -0.39 is 17.7 Å². The number of phenols is 2. The van der Waals surface area contributed by atoms with Gasteiger partial charge in [-0.15, -0.1) is 0 Å². The van der Waals surface area contributed by atoms with Crippen LogP contribution in [0.15, 0.2) is 59.9 Å². The third-order valence-corrected chi connectivity index (χ3v) is 4.70. The van der Waals surface area contributed by atoms with E-state index in [0.717, 1.165) is 11.6 Å². The van der Waals surface area contributed by atoms with Gasteiger partial charge in [0, 0.05) is 24.6 Å². The lowest BCUT2D eigenvalue weighted by Gasteiger charge is -2.27. The summed E-state index contributed by atoms with van der Waals surface area (Å²) >= 11 is 0. The van der Waals surface area contributed by atoms with E-state index in [1.807, 2.05) is 44.2 Å². The summed E-state index contributed by atoms with van der Waals surface area (Å²) in [5.74, 6) is -1.93. The second-order valence-corrected chi connectivity index (χ2v) is 7.35. The average molecular weight is 381 g/mol. The molecule has 0 saturated heterocycles. The Morgan fingerprint density at radius 2 is 1.75 bits per heavy atom. The van der Waals surface area contributed by atoms with Crippen LogP contribution in [-0.4, -0.2) is 31.9 Å². The monoisotopic (exact) mass is 381 g/mol. The molecule has 0 fully saturated rings. The smallest absolute Gasteiger partial charge is 0.290 e. The number of carbonyl (C=O) groups excluding carboxylic acids is 2. The fraction of sp³-hybridized carbons (Fsp3) is 0.273. The number of ketones is 1. The SMILES string of the molecule is CC(C)CC(=O)C1=C(O)C(=O)N(Cc2ccccc2)C1c1ccc(O)cc1O. The Balaban J connectivity index is 2.09. The standard InChI is InChI=1S/C22H23NO5/c1-13(2)10-18(26)19-20(16-9-8-15(24)11-17(16)25)23(22(28)21(19)27)12-14-6-4-3-5-7-14/h3-9,11,13,20,24-25,27H,10,12H2,1-2H3. The number of aromatic hydroxyl groups is 2. The third kappa shape index (κ3) is 3.71. The molecule has 1 aliphatic heterocycles. The van der Waals surface area contributed by atoms with E-state index in [1.54, 1.807) is 0 Å². The Bertz CT molecular complexity index is 933. The number of carbonyl (C=O) groups is 2. The first-order chi connectivity index (χ1) is 13.3. The fourth-order valence-electron chi connectivity index (χ4n) is 3.45.